The first kappa shape index (κ1) is 20.3. The topological polar surface area (TPSA) is 65.1 Å². The van der Waals surface area contributed by atoms with E-state index in [4.69, 9.17) is 4.74 Å². The molecule has 2 saturated heterocycles. The molecular formula is C21H32N4O3. The molecule has 2 fully saturated rings. The summed E-state index contributed by atoms with van der Waals surface area (Å²) in [5, 5.41) is 3.17. The number of carbonyl (C=O) groups is 2. The Balaban J connectivity index is 1.40. The summed E-state index contributed by atoms with van der Waals surface area (Å²) in [7, 11) is 0. The first-order valence-corrected chi connectivity index (χ1v) is 10.2. The van der Waals surface area contributed by atoms with Crippen LogP contribution in [0.2, 0.25) is 0 Å². The van der Waals surface area contributed by atoms with Crippen LogP contribution in [0, 0.1) is 0 Å². The van der Waals surface area contributed by atoms with Crippen molar-refractivity contribution in [1.82, 2.24) is 15.1 Å². The van der Waals surface area contributed by atoms with E-state index in [0.717, 1.165) is 25.9 Å². The van der Waals surface area contributed by atoms with Gasteiger partial charge in [-0.2, -0.15) is 0 Å². The molecule has 1 N–H and O–H groups in total. The Bertz CT molecular complexity index is 658. The van der Waals surface area contributed by atoms with Crippen molar-refractivity contribution in [3.05, 3.63) is 30.3 Å². The van der Waals surface area contributed by atoms with E-state index in [1.807, 2.05) is 26.8 Å². The normalized spacial score (nSPS) is 18.8. The first-order chi connectivity index (χ1) is 13.3. The zero-order chi connectivity index (χ0) is 20.1. The summed E-state index contributed by atoms with van der Waals surface area (Å²) in [5.41, 5.74) is 0.741. The number of para-hydroxylation sites is 1. The number of hydrogen-bond donors (Lipinski definition) is 1. The van der Waals surface area contributed by atoms with Gasteiger partial charge in [-0.05, 0) is 45.7 Å². The van der Waals surface area contributed by atoms with Crippen LogP contribution in [-0.2, 0) is 4.74 Å². The smallest absolute Gasteiger partial charge is 0.410 e. The summed E-state index contributed by atoms with van der Waals surface area (Å²) < 4.78 is 5.40. The van der Waals surface area contributed by atoms with E-state index in [1.165, 1.54) is 5.69 Å². The predicted octanol–water partition coefficient (Wildman–Crippen LogP) is 2.92. The highest BCUT2D eigenvalue weighted by Gasteiger charge is 2.29. The lowest BCUT2D eigenvalue weighted by molar-refractivity contribution is 0.0169. The Morgan fingerprint density at radius 3 is 2.07 bits per heavy atom. The molecule has 3 amide bonds. The molecule has 7 heteroatoms. The Labute approximate surface area is 167 Å². The maximum atomic E-state index is 12.6. The van der Waals surface area contributed by atoms with E-state index in [1.54, 1.807) is 9.80 Å². The molecule has 7 nitrogen and oxygen atoms in total. The van der Waals surface area contributed by atoms with Gasteiger partial charge < -0.3 is 24.8 Å². The lowest BCUT2D eigenvalue weighted by Gasteiger charge is -2.38. The average Bonchev–Trinajstić information content (AvgIpc) is 2.68. The fourth-order valence-electron chi connectivity index (χ4n) is 3.61. The maximum absolute atomic E-state index is 12.6. The Morgan fingerprint density at radius 1 is 0.929 bits per heavy atom. The first-order valence-electron chi connectivity index (χ1n) is 10.2. The number of rotatable bonds is 2. The summed E-state index contributed by atoms with van der Waals surface area (Å²) in [6, 6.07) is 10.6. The minimum Gasteiger partial charge on any atom is -0.444 e. The van der Waals surface area contributed by atoms with Gasteiger partial charge in [-0.15, -0.1) is 0 Å². The zero-order valence-electron chi connectivity index (χ0n) is 17.2. The Kier molecular flexibility index (Phi) is 6.31. The Hall–Kier alpha value is -2.44. The molecule has 0 aromatic heterocycles. The summed E-state index contributed by atoms with van der Waals surface area (Å²) in [5.74, 6) is 0. The second kappa shape index (κ2) is 8.71. The van der Waals surface area contributed by atoms with E-state index >= 15 is 0 Å². The lowest BCUT2D eigenvalue weighted by Crippen LogP contribution is -2.56. The van der Waals surface area contributed by atoms with Crippen LogP contribution in [0.1, 0.15) is 33.6 Å². The number of carbonyl (C=O) groups excluding carboxylic acids is 2. The van der Waals surface area contributed by atoms with Gasteiger partial charge in [0.1, 0.15) is 5.60 Å². The largest absolute Gasteiger partial charge is 0.444 e. The van der Waals surface area contributed by atoms with Crippen molar-refractivity contribution < 1.29 is 14.3 Å². The van der Waals surface area contributed by atoms with Crippen LogP contribution < -0.4 is 10.2 Å². The SMILES string of the molecule is CC(C)(C)OC(=O)N1CCN(C(=O)NC2CCN(c3ccccc3)CC2)CC1. The number of urea groups is 1. The highest BCUT2D eigenvalue weighted by molar-refractivity contribution is 5.75. The molecule has 1 aromatic carbocycles. The highest BCUT2D eigenvalue weighted by atomic mass is 16.6. The van der Waals surface area contributed by atoms with E-state index < -0.39 is 5.60 Å². The van der Waals surface area contributed by atoms with E-state index in [9.17, 15) is 9.59 Å². The monoisotopic (exact) mass is 388 g/mol. The third-order valence-corrected chi connectivity index (χ3v) is 5.16. The van der Waals surface area contributed by atoms with Crippen molar-refractivity contribution >= 4 is 17.8 Å². The van der Waals surface area contributed by atoms with Gasteiger partial charge in [-0.1, -0.05) is 18.2 Å². The van der Waals surface area contributed by atoms with Crippen LogP contribution in [0.5, 0.6) is 0 Å². The molecule has 0 saturated carbocycles. The number of piperazine rings is 1. The molecule has 0 bridgehead atoms. The van der Waals surface area contributed by atoms with Crippen LogP contribution in [-0.4, -0.2) is 72.8 Å². The maximum Gasteiger partial charge on any atom is 0.410 e. The number of amides is 3. The molecule has 0 aliphatic carbocycles. The average molecular weight is 389 g/mol. The minimum atomic E-state index is -0.500. The van der Waals surface area contributed by atoms with E-state index in [-0.39, 0.29) is 18.2 Å². The zero-order valence-corrected chi connectivity index (χ0v) is 17.2. The molecule has 0 unspecified atom stereocenters. The number of ether oxygens (including phenoxy) is 1. The van der Waals surface area contributed by atoms with Crippen molar-refractivity contribution in [2.24, 2.45) is 0 Å². The van der Waals surface area contributed by atoms with Crippen LogP contribution >= 0.6 is 0 Å². The quantitative estimate of drug-likeness (QED) is 0.846. The Morgan fingerprint density at radius 2 is 1.50 bits per heavy atom. The van der Waals surface area contributed by atoms with Gasteiger partial charge in [0.25, 0.3) is 0 Å². The molecule has 154 valence electrons. The summed E-state index contributed by atoms with van der Waals surface area (Å²) in [4.78, 5) is 30.6. The fourth-order valence-corrected chi connectivity index (χ4v) is 3.61. The second-order valence-electron chi connectivity index (χ2n) is 8.50. The van der Waals surface area contributed by atoms with Gasteiger partial charge in [-0.25, -0.2) is 9.59 Å². The molecule has 2 heterocycles. The number of piperidine rings is 1. The van der Waals surface area contributed by atoms with Crippen LogP contribution in [0.25, 0.3) is 0 Å². The van der Waals surface area contributed by atoms with Crippen molar-refractivity contribution in [2.75, 3.05) is 44.2 Å². The molecule has 1 aromatic rings. The van der Waals surface area contributed by atoms with E-state index in [0.29, 0.717) is 26.2 Å². The molecule has 2 aliphatic rings. The third kappa shape index (κ3) is 5.53. The van der Waals surface area contributed by atoms with Crippen molar-refractivity contribution in [3.63, 3.8) is 0 Å². The number of benzene rings is 1. The van der Waals surface area contributed by atoms with Crippen LogP contribution in [0.4, 0.5) is 15.3 Å². The molecular weight excluding hydrogens is 356 g/mol. The van der Waals surface area contributed by atoms with Crippen molar-refractivity contribution in [1.29, 1.82) is 0 Å². The molecule has 3 rings (SSSR count). The number of nitrogens with zero attached hydrogens (tertiary/aromatic N) is 3. The molecule has 0 spiro atoms. The van der Waals surface area contributed by atoms with Gasteiger partial charge in [-0.3, -0.25) is 0 Å². The summed E-state index contributed by atoms with van der Waals surface area (Å²) in [6.45, 7) is 9.56. The third-order valence-electron chi connectivity index (χ3n) is 5.16. The van der Waals surface area contributed by atoms with Crippen LogP contribution in [0.15, 0.2) is 30.3 Å². The van der Waals surface area contributed by atoms with Crippen molar-refractivity contribution in [3.8, 4) is 0 Å². The summed E-state index contributed by atoms with van der Waals surface area (Å²) in [6.07, 6.45) is 1.58. The summed E-state index contributed by atoms with van der Waals surface area (Å²) >= 11 is 0. The molecule has 28 heavy (non-hydrogen) atoms. The van der Waals surface area contributed by atoms with Gasteiger partial charge in [0.2, 0.25) is 0 Å². The minimum absolute atomic E-state index is 0.0259. The molecule has 2 aliphatic heterocycles. The van der Waals surface area contributed by atoms with E-state index in [2.05, 4.69) is 34.5 Å². The lowest BCUT2D eigenvalue weighted by atomic mass is 10.0. The van der Waals surface area contributed by atoms with Crippen LogP contribution in [0.3, 0.4) is 0 Å². The number of anilines is 1. The predicted molar refractivity (Wildman–Crippen MR) is 110 cm³/mol. The standard InChI is InChI=1S/C21H32N4O3/c1-21(2,3)28-20(27)25-15-13-24(14-16-25)19(26)22-17-9-11-23(12-10-17)18-7-5-4-6-8-18/h4-8,17H,9-16H2,1-3H3,(H,22,26). The van der Waals surface area contributed by atoms with Gasteiger partial charge in [0, 0.05) is 51.0 Å². The second-order valence-corrected chi connectivity index (χ2v) is 8.50. The highest BCUT2D eigenvalue weighted by Crippen LogP contribution is 2.19. The fraction of sp³-hybridized carbons (Fsp3) is 0.619. The molecule has 0 atom stereocenters. The van der Waals surface area contributed by atoms with Gasteiger partial charge in [0.15, 0.2) is 0 Å². The van der Waals surface area contributed by atoms with Gasteiger partial charge in [0.05, 0.1) is 0 Å². The number of hydrogen-bond acceptors (Lipinski definition) is 4. The van der Waals surface area contributed by atoms with Gasteiger partial charge >= 0.3 is 12.1 Å². The molecule has 0 radical (unpaired) electrons. The van der Waals surface area contributed by atoms with Crippen molar-refractivity contribution in [2.45, 2.75) is 45.3 Å². The number of nitrogens with one attached hydrogen (secondary N) is 1.